The van der Waals surface area contributed by atoms with Crippen molar-refractivity contribution in [1.82, 2.24) is 14.8 Å². The molecule has 2 amide bonds. The lowest BCUT2D eigenvalue weighted by atomic mass is 9.83. The molecule has 1 saturated heterocycles. The van der Waals surface area contributed by atoms with E-state index in [0.717, 1.165) is 0 Å². The number of aromatic nitrogens is 3. The first-order chi connectivity index (χ1) is 10.8. The molecule has 0 atom stereocenters. The molecule has 7 nitrogen and oxygen atoms in total. The van der Waals surface area contributed by atoms with E-state index in [4.69, 9.17) is 0 Å². The fraction of sp³-hybridized carbons (Fsp3) is 0.333. The quantitative estimate of drug-likeness (QED) is 0.656. The van der Waals surface area contributed by atoms with Gasteiger partial charge in [0.2, 0.25) is 5.91 Å². The lowest BCUT2D eigenvalue weighted by Crippen LogP contribution is -2.59. The topological polar surface area (TPSA) is 80.1 Å². The summed E-state index contributed by atoms with van der Waals surface area (Å²) in [6.07, 6.45) is 1.67. The van der Waals surface area contributed by atoms with Gasteiger partial charge in [-0.05, 0) is 41.9 Å². The van der Waals surface area contributed by atoms with E-state index in [9.17, 15) is 9.59 Å². The molecule has 0 spiro atoms. The van der Waals surface area contributed by atoms with E-state index in [1.54, 1.807) is 41.0 Å². The van der Waals surface area contributed by atoms with Crippen molar-refractivity contribution >= 4 is 39.2 Å². The molecule has 3 heterocycles. The maximum Gasteiger partial charge on any atom is 0.274 e. The number of carbonyl (C=O) groups excluding carboxylic acids is 2. The number of hydrogen-bond donors (Lipinski definition) is 1. The van der Waals surface area contributed by atoms with Gasteiger partial charge in [-0.2, -0.15) is 5.10 Å². The van der Waals surface area contributed by atoms with Crippen LogP contribution in [0.4, 0.5) is 11.5 Å². The number of β-lactam (4-membered cyclic amide) rings is 1. The van der Waals surface area contributed by atoms with Crippen molar-refractivity contribution in [1.29, 1.82) is 0 Å². The van der Waals surface area contributed by atoms with Crippen LogP contribution in [-0.4, -0.2) is 33.1 Å². The third-order valence-electron chi connectivity index (χ3n) is 3.64. The van der Waals surface area contributed by atoms with E-state index >= 15 is 0 Å². The summed E-state index contributed by atoms with van der Waals surface area (Å²) in [5.41, 5.74) is 0.387. The number of hydrogen-bond acceptors (Lipinski definition) is 4. The standard InChI is InChI=1S/C15H16BrN5O2/c1-15(2)8-21(14(15)23)12-10(7-20(3)19-12)18-13(22)9-5-4-6-11(16)17-9/h4-7H,8H2,1-3H3,(H,18,22). The molecule has 8 heteroatoms. The van der Waals surface area contributed by atoms with Crippen molar-refractivity contribution in [2.75, 3.05) is 16.8 Å². The van der Waals surface area contributed by atoms with Crippen LogP contribution in [0.15, 0.2) is 29.0 Å². The van der Waals surface area contributed by atoms with Gasteiger partial charge in [-0.25, -0.2) is 4.98 Å². The number of halogens is 1. The summed E-state index contributed by atoms with van der Waals surface area (Å²) in [6, 6.07) is 5.10. The minimum absolute atomic E-state index is 0.00715. The van der Waals surface area contributed by atoms with Gasteiger partial charge in [-0.15, -0.1) is 0 Å². The molecule has 0 aliphatic carbocycles. The van der Waals surface area contributed by atoms with Gasteiger partial charge in [0, 0.05) is 13.6 Å². The van der Waals surface area contributed by atoms with Gasteiger partial charge < -0.3 is 5.32 Å². The summed E-state index contributed by atoms with van der Waals surface area (Å²) in [7, 11) is 1.74. The molecule has 2 aromatic rings. The minimum atomic E-state index is -0.384. The Labute approximate surface area is 141 Å². The normalized spacial score (nSPS) is 16.2. The summed E-state index contributed by atoms with van der Waals surface area (Å²) >= 11 is 3.24. The Hall–Kier alpha value is -2.22. The molecule has 0 aromatic carbocycles. The molecule has 23 heavy (non-hydrogen) atoms. The molecule has 0 unspecified atom stereocenters. The van der Waals surface area contributed by atoms with Crippen molar-refractivity contribution < 1.29 is 9.59 Å². The molecule has 3 rings (SSSR count). The highest BCUT2D eigenvalue weighted by Gasteiger charge is 2.46. The summed E-state index contributed by atoms with van der Waals surface area (Å²) < 4.78 is 2.15. The van der Waals surface area contributed by atoms with Crippen LogP contribution in [0.2, 0.25) is 0 Å². The molecular weight excluding hydrogens is 362 g/mol. The molecule has 120 valence electrons. The van der Waals surface area contributed by atoms with Crippen LogP contribution in [0.5, 0.6) is 0 Å². The highest BCUT2D eigenvalue weighted by Crippen LogP contribution is 2.37. The van der Waals surface area contributed by atoms with E-state index in [2.05, 4.69) is 31.3 Å². The van der Waals surface area contributed by atoms with Crippen molar-refractivity contribution in [3.05, 3.63) is 34.7 Å². The first kappa shape index (κ1) is 15.7. The van der Waals surface area contributed by atoms with Crippen molar-refractivity contribution in [2.24, 2.45) is 12.5 Å². The molecule has 0 saturated carbocycles. The van der Waals surface area contributed by atoms with Gasteiger partial charge in [0.25, 0.3) is 5.91 Å². The second kappa shape index (κ2) is 5.45. The van der Waals surface area contributed by atoms with Gasteiger partial charge in [-0.1, -0.05) is 6.07 Å². The van der Waals surface area contributed by atoms with Crippen LogP contribution in [0.25, 0.3) is 0 Å². The van der Waals surface area contributed by atoms with Crippen LogP contribution < -0.4 is 10.2 Å². The van der Waals surface area contributed by atoms with Crippen LogP contribution in [0.1, 0.15) is 24.3 Å². The summed E-state index contributed by atoms with van der Waals surface area (Å²) in [5.74, 6) is 0.0974. The molecule has 1 fully saturated rings. The predicted octanol–water partition coefficient (Wildman–Crippen LogP) is 2.20. The highest BCUT2D eigenvalue weighted by molar-refractivity contribution is 9.10. The van der Waals surface area contributed by atoms with Gasteiger partial charge in [-0.3, -0.25) is 19.2 Å². The van der Waals surface area contributed by atoms with Crippen molar-refractivity contribution in [3.63, 3.8) is 0 Å². The Morgan fingerprint density at radius 3 is 2.74 bits per heavy atom. The van der Waals surface area contributed by atoms with Crippen LogP contribution >= 0.6 is 15.9 Å². The maximum absolute atomic E-state index is 12.3. The molecule has 2 aromatic heterocycles. The first-order valence-electron chi connectivity index (χ1n) is 7.07. The number of rotatable bonds is 3. The zero-order chi connectivity index (χ0) is 16.8. The molecular formula is C15H16BrN5O2. The summed E-state index contributed by atoms with van der Waals surface area (Å²) in [4.78, 5) is 30.2. The Balaban J connectivity index is 1.84. The second-order valence-electron chi connectivity index (χ2n) is 6.11. The number of nitrogens with one attached hydrogen (secondary N) is 1. The maximum atomic E-state index is 12.3. The number of pyridine rings is 1. The molecule has 1 N–H and O–H groups in total. The Bertz CT molecular complexity index is 799. The van der Waals surface area contributed by atoms with Gasteiger partial charge in [0.1, 0.15) is 16.0 Å². The van der Waals surface area contributed by atoms with Crippen molar-refractivity contribution in [2.45, 2.75) is 13.8 Å². The fourth-order valence-corrected chi connectivity index (χ4v) is 2.81. The van der Waals surface area contributed by atoms with Crippen LogP contribution in [0.3, 0.4) is 0 Å². The largest absolute Gasteiger partial charge is 0.316 e. The monoisotopic (exact) mass is 377 g/mol. The second-order valence-corrected chi connectivity index (χ2v) is 6.93. The molecule has 1 aliphatic rings. The lowest BCUT2D eigenvalue weighted by molar-refractivity contribution is -0.132. The lowest BCUT2D eigenvalue weighted by Gasteiger charge is -2.43. The zero-order valence-electron chi connectivity index (χ0n) is 13.0. The van der Waals surface area contributed by atoms with E-state index in [1.807, 2.05) is 13.8 Å². The zero-order valence-corrected chi connectivity index (χ0v) is 14.6. The SMILES string of the molecule is Cn1cc(NC(=O)c2cccc(Br)n2)c(N2CC(C)(C)C2=O)n1. The predicted molar refractivity (Wildman–Crippen MR) is 89.2 cm³/mol. The first-order valence-corrected chi connectivity index (χ1v) is 7.87. The van der Waals surface area contributed by atoms with Gasteiger partial charge >= 0.3 is 0 Å². The number of nitrogens with zero attached hydrogens (tertiary/aromatic N) is 4. The Morgan fingerprint density at radius 1 is 1.39 bits per heavy atom. The minimum Gasteiger partial charge on any atom is -0.316 e. The number of aryl methyl sites for hydroxylation is 1. The van der Waals surface area contributed by atoms with Gasteiger partial charge in [0.15, 0.2) is 5.82 Å². The average Bonchev–Trinajstić information content (AvgIpc) is 2.84. The van der Waals surface area contributed by atoms with E-state index in [0.29, 0.717) is 22.7 Å². The van der Waals surface area contributed by atoms with Crippen molar-refractivity contribution in [3.8, 4) is 0 Å². The van der Waals surface area contributed by atoms with E-state index in [-0.39, 0.29) is 22.9 Å². The third-order valence-corrected chi connectivity index (χ3v) is 4.08. The average molecular weight is 378 g/mol. The summed E-state index contributed by atoms with van der Waals surface area (Å²) in [6.45, 7) is 4.34. The smallest absolute Gasteiger partial charge is 0.274 e. The third kappa shape index (κ3) is 2.86. The molecule has 1 aliphatic heterocycles. The fourth-order valence-electron chi connectivity index (χ4n) is 2.47. The highest BCUT2D eigenvalue weighted by atomic mass is 79.9. The Kier molecular flexibility index (Phi) is 3.71. The van der Waals surface area contributed by atoms with E-state index in [1.165, 1.54) is 0 Å². The summed E-state index contributed by atoms with van der Waals surface area (Å²) in [5, 5.41) is 7.06. The van der Waals surface area contributed by atoms with Crippen LogP contribution in [-0.2, 0) is 11.8 Å². The van der Waals surface area contributed by atoms with Gasteiger partial charge in [0.05, 0.1) is 11.6 Å². The number of amides is 2. The Morgan fingerprint density at radius 2 is 2.13 bits per heavy atom. The molecule has 0 bridgehead atoms. The van der Waals surface area contributed by atoms with Crippen LogP contribution in [0, 0.1) is 5.41 Å². The number of anilines is 2. The van der Waals surface area contributed by atoms with E-state index < -0.39 is 0 Å². The molecule has 0 radical (unpaired) electrons. The number of carbonyl (C=O) groups is 2.